The van der Waals surface area contributed by atoms with E-state index in [0.717, 1.165) is 12.8 Å². The van der Waals surface area contributed by atoms with E-state index in [0.29, 0.717) is 23.3 Å². The second-order valence-electron chi connectivity index (χ2n) is 4.88. The van der Waals surface area contributed by atoms with Gasteiger partial charge in [0.2, 0.25) is 5.91 Å². The van der Waals surface area contributed by atoms with Crippen LogP contribution in [0.3, 0.4) is 0 Å². The molecule has 0 bridgehead atoms. The van der Waals surface area contributed by atoms with Crippen LogP contribution in [0, 0.1) is 0 Å². The van der Waals surface area contributed by atoms with Crippen molar-refractivity contribution in [2.75, 3.05) is 11.4 Å². The first kappa shape index (κ1) is 12.3. The predicted molar refractivity (Wildman–Crippen MR) is 72.3 cm³/mol. The van der Waals surface area contributed by atoms with Crippen molar-refractivity contribution in [3.8, 4) is 0 Å². The van der Waals surface area contributed by atoms with Crippen molar-refractivity contribution in [2.45, 2.75) is 24.9 Å². The molecule has 2 aliphatic rings. The van der Waals surface area contributed by atoms with E-state index in [-0.39, 0.29) is 11.9 Å². The van der Waals surface area contributed by atoms with Crippen molar-refractivity contribution in [1.82, 2.24) is 10.6 Å². The monoisotopic (exact) mass is 279 g/mol. The second-order valence-corrected chi connectivity index (χ2v) is 5.31. The van der Waals surface area contributed by atoms with Crippen molar-refractivity contribution in [3.63, 3.8) is 0 Å². The van der Waals surface area contributed by atoms with Crippen LogP contribution in [0.2, 0.25) is 5.02 Å². The number of urea groups is 1. The lowest BCUT2D eigenvalue weighted by atomic mass is 10.2. The molecule has 1 aromatic rings. The Morgan fingerprint density at radius 2 is 2.21 bits per heavy atom. The molecule has 6 heteroatoms. The Morgan fingerprint density at radius 1 is 1.42 bits per heavy atom. The normalized spacial score (nSPS) is 22.3. The number of carbonyl (C=O) groups is 2. The van der Waals surface area contributed by atoms with Crippen LogP contribution in [0.15, 0.2) is 24.3 Å². The number of hydrogen-bond acceptors (Lipinski definition) is 2. The highest BCUT2D eigenvalue weighted by molar-refractivity contribution is 6.30. The molecular weight excluding hydrogens is 266 g/mol. The molecule has 3 rings (SSSR count). The molecule has 1 saturated heterocycles. The third-order valence-electron chi connectivity index (χ3n) is 3.27. The number of nitrogens with zero attached hydrogens (tertiary/aromatic N) is 1. The van der Waals surface area contributed by atoms with Crippen LogP contribution in [-0.4, -0.2) is 30.6 Å². The topological polar surface area (TPSA) is 61.4 Å². The molecule has 2 fully saturated rings. The Balaban J connectivity index is 1.70. The summed E-state index contributed by atoms with van der Waals surface area (Å²) in [5.41, 5.74) is 0.701. The molecule has 0 radical (unpaired) electrons. The van der Waals surface area contributed by atoms with Crippen LogP contribution >= 0.6 is 11.6 Å². The smallest absolute Gasteiger partial charge is 0.322 e. The van der Waals surface area contributed by atoms with Gasteiger partial charge in [0.25, 0.3) is 0 Å². The number of benzene rings is 1. The summed E-state index contributed by atoms with van der Waals surface area (Å²) in [5, 5.41) is 6.15. The van der Waals surface area contributed by atoms with Gasteiger partial charge in [0.15, 0.2) is 0 Å². The Hall–Kier alpha value is -1.75. The van der Waals surface area contributed by atoms with Gasteiger partial charge in [-0.05, 0) is 31.0 Å². The maximum absolute atomic E-state index is 11.9. The zero-order valence-electron chi connectivity index (χ0n) is 10.2. The summed E-state index contributed by atoms with van der Waals surface area (Å²) in [6, 6.07) is 6.57. The van der Waals surface area contributed by atoms with Gasteiger partial charge >= 0.3 is 6.03 Å². The highest BCUT2D eigenvalue weighted by atomic mass is 35.5. The summed E-state index contributed by atoms with van der Waals surface area (Å²) in [7, 11) is 0. The predicted octanol–water partition coefficient (Wildman–Crippen LogP) is 1.52. The largest absolute Gasteiger partial charge is 0.352 e. The summed E-state index contributed by atoms with van der Waals surface area (Å²) >= 11 is 5.91. The van der Waals surface area contributed by atoms with Crippen LogP contribution in [-0.2, 0) is 4.79 Å². The second kappa shape index (κ2) is 4.74. The standard InChI is InChI=1S/C13H14ClN3O2/c14-8-2-1-3-10(6-8)17-7-11(16-13(17)19)12(18)15-9-4-5-9/h1-3,6,9,11H,4-5,7H2,(H,15,18)(H,16,19). The summed E-state index contributed by atoms with van der Waals surface area (Å²) in [6.45, 7) is 0.331. The molecule has 5 nitrogen and oxygen atoms in total. The highest BCUT2D eigenvalue weighted by Crippen LogP contribution is 2.23. The van der Waals surface area contributed by atoms with E-state index in [4.69, 9.17) is 11.6 Å². The molecule has 1 aliphatic carbocycles. The lowest BCUT2D eigenvalue weighted by Crippen LogP contribution is -2.43. The number of carbonyl (C=O) groups excluding carboxylic acids is 2. The van der Waals surface area contributed by atoms with Gasteiger partial charge in [-0.1, -0.05) is 17.7 Å². The fraction of sp³-hybridized carbons (Fsp3) is 0.385. The fourth-order valence-corrected chi connectivity index (χ4v) is 2.27. The Bertz CT molecular complexity index is 530. The van der Waals surface area contributed by atoms with Crippen LogP contribution in [0.5, 0.6) is 0 Å². The first-order valence-corrected chi connectivity index (χ1v) is 6.65. The lowest BCUT2D eigenvalue weighted by Gasteiger charge is -2.14. The van der Waals surface area contributed by atoms with E-state index in [1.54, 1.807) is 24.3 Å². The molecule has 1 aromatic carbocycles. The highest BCUT2D eigenvalue weighted by Gasteiger charge is 2.36. The molecule has 19 heavy (non-hydrogen) atoms. The molecule has 2 N–H and O–H groups in total. The van der Waals surface area contributed by atoms with E-state index in [9.17, 15) is 9.59 Å². The van der Waals surface area contributed by atoms with E-state index in [2.05, 4.69) is 10.6 Å². The molecule has 1 atom stereocenters. The third-order valence-corrected chi connectivity index (χ3v) is 3.50. The van der Waals surface area contributed by atoms with Crippen molar-refractivity contribution in [3.05, 3.63) is 29.3 Å². The zero-order chi connectivity index (χ0) is 13.4. The summed E-state index contributed by atoms with van der Waals surface area (Å²) < 4.78 is 0. The molecule has 1 aliphatic heterocycles. The summed E-state index contributed by atoms with van der Waals surface area (Å²) in [5.74, 6) is -0.111. The Morgan fingerprint density at radius 3 is 2.89 bits per heavy atom. The fourth-order valence-electron chi connectivity index (χ4n) is 2.08. The lowest BCUT2D eigenvalue weighted by molar-refractivity contribution is -0.122. The van der Waals surface area contributed by atoms with Gasteiger partial charge in [-0.3, -0.25) is 9.69 Å². The molecule has 1 saturated carbocycles. The van der Waals surface area contributed by atoms with Crippen LogP contribution in [0.1, 0.15) is 12.8 Å². The van der Waals surface area contributed by atoms with Crippen molar-refractivity contribution < 1.29 is 9.59 Å². The molecule has 1 heterocycles. The van der Waals surface area contributed by atoms with Crippen molar-refractivity contribution in [1.29, 1.82) is 0 Å². The minimum absolute atomic E-state index is 0.111. The molecule has 100 valence electrons. The van der Waals surface area contributed by atoms with E-state index in [1.165, 1.54) is 4.90 Å². The number of anilines is 1. The molecule has 0 spiro atoms. The summed E-state index contributed by atoms with van der Waals surface area (Å²) in [6.07, 6.45) is 2.06. The molecule has 0 aromatic heterocycles. The minimum Gasteiger partial charge on any atom is -0.352 e. The van der Waals surface area contributed by atoms with Crippen LogP contribution in [0.4, 0.5) is 10.5 Å². The van der Waals surface area contributed by atoms with Gasteiger partial charge in [0, 0.05) is 16.8 Å². The van der Waals surface area contributed by atoms with E-state index in [1.807, 2.05) is 0 Å². The van der Waals surface area contributed by atoms with Gasteiger partial charge in [-0.15, -0.1) is 0 Å². The quantitative estimate of drug-likeness (QED) is 0.881. The third kappa shape index (κ3) is 2.66. The average Bonchev–Trinajstić information content (AvgIpc) is 3.09. The van der Waals surface area contributed by atoms with Crippen LogP contribution < -0.4 is 15.5 Å². The molecule has 1 unspecified atom stereocenters. The molecular formula is C13H14ClN3O2. The van der Waals surface area contributed by atoms with Crippen molar-refractivity contribution in [2.24, 2.45) is 0 Å². The Kier molecular flexibility index (Phi) is 3.06. The number of nitrogens with one attached hydrogen (secondary N) is 2. The molecule has 3 amide bonds. The average molecular weight is 280 g/mol. The van der Waals surface area contributed by atoms with E-state index >= 15 is 0 Å². The van der Waals surface area contributed by atoms with Gasteiger partial charge < -0.3 is 10.6 Å². The zero-order valence-corrected chi connectivity index (χ0v) is 11.0. The first-order valence-electron chi connectivity index (χ1n) is 6.27. The van der Waals surface area contributed by atoms with E-state index < -0.39 is 6.04 Å². The van der Waals surface area contributed by atoms with Gasteiger partial charge in [-0.25, -0.2) is 4.79 Å². The van der Waals surface area contributed by atoms with Crippen molar-refractivity contribution >= 4 is 29.2 Å². The van der Waals surface area contributed by atoms with Gasteiger partial charge in [0.1, 0.15) is 6.04 Å². The Labute approximate surface area is 115 Å². The van der Waals surface area contributed by atoms with Gasteiger partial charge in [-0.2, -0.15) is 0 Å². The minimum atomic E-state index is -0.493. The maximum Gasteiger partial charge on any atom is 0.322 e. The number of halogens is 1. The SMILES string of the molecule is O=C(NC1CC1)C1CN(c2cccc(Cl)c2)C(=O)N1. The van der Waals surface area contributed by atoms with Gasteiger partial charge in [0.05, 0.1) is 6.54 Å². The van der Waals surface area contributed by atoms with Crippen LogP contribution in [0.25, 0.3) is 0 Å². The number of rotatable bonds is 3. The number of amides is 3. The first-order chi connectivity index (χ1) is 9.13. The summed E-state index contributed by atoms with van der Waals surface area (Å²) in [4.78, 5) is 25.3. The number of hydrogen-bond donors (Lipinski definition) is 2. The maximum atomic E-state index is 11.9.